The molecule has 2 bridgehead atoms. The summed E-state index contributed by atoms with van der Waals surface area (Å²) in [5.41, 5.74) is 7.16. The minimum atomic E-state index is 0.476. The molecule has 0 amide bonds. The fourth-order valence-electron chi connectivity index (χ4n) is 6.20. The summed E-state index contributed by atoms with van der Waals surface area (Å²) in [4.78, 5) is 12.6. The molecule has 2 aliphatic rings. The highest BCUT2D eigenvalue weighted by molar-refractivity contribution is 9.10. The van der Waals surface area contributed by atoms with Gasteiger partial charge in [-0.25, -0.2) is 9.97 Å². The summed E-state index contributed by atoms with van der Waals surface area (Å²) in [5.74, 6) is 2.44. The SMILES string of the molecule is Cc1nc(N2C3CCC2CC(CC#N)C3)c2c(C)c(C)n(-c3c(C)cc(Br)cc3C)c2n1. The zero-order chi connectivity index (χ0) is 22.7. The van der Waals surface area contributed by atoms with Gasteiger partial charge in [0.05, 0.1) is 17.1 Å². The smallest absolute Gasteiger partial charge is 0.150 e. The molecule has 1 aromatic carbocycles. The van der Waals surface area contributed by atoms with Crippen molar-refractivity contribution in [1.29, 1.82) is 5.26 Å². The van der Waals surface area contributed by atoms with Crippen molar-refractivity contribution in [1.82, 2.24) is 14.5 Å². The van der Waals surface area contributed by atoms with E-state index in [2.05, 4.69) is 71.3 Å². The Hall–Kier alpha value is -2.39. The molecule has 2 aromatic heterocycles. The molecular weight excluding hydrogens is 462 g/mol. The number of rotatable bonds is 3. The first kappa shape index (κ1) is 21.5. The fourth-order valence-corrected chi connectivity index (χ4v) is 6.88. The molecule has 5 nitrogen and oxygen atoms in total. The van der Waals surface area contributed by atoms with Gasteiger partial charge < -0.3 is 4.90 Å². The summed E-state index contributed by atoms with van der Waals surface area (Å²) in [7, 11) is 0. The lowest BCUT2D eigenvalue weighted by Crippen LogP contribution is -2.43. The van der Waals surface area contributed by atoms with Crippen molar-refractivity contribution in [3.05, 3.63) is 44.8 Å². The van der Waals surface area contributed by atoms with Crippen LogP contribution in [0.2, 0.25) is 0 Å². The largest absolute Gasteiger partial charge is 0.350 e. The topological polar surface area (TPSA) is 57.7 Å². The number of fused-ring (bicyclic) bond motifs is 3. The van der Waals surface area contributed by atoms with Crippen LogP contribution in [0.5, 0.6) is 0 Å². The molecule has 2 unspecified atom stereocenters. The molecule has 0 N–H and O–H groups in total. The van der Waals surface area contributed by atoms with Crippen molar-refractivity contribution >= 4 is 32.8 Å². The minimum Gasteiger partial charge on any atom is -0.350 e. The third kappa shape index (κ3) is 3.25. The highest BCUT2D eigenvalue weighted by Crippen LogP contribution is 2.45. The van der Waals surface area contributed by atoms with Gasteiger partial charge >= 0.3 is 0 Å². The molecule has 166 valence electrons. The molecule has 2 fully saturated rings. The molecule has 2 aliphatic heterocycles. The number of anilines is 1. The molecule has 6 heteroatoms. The Morgan fingerprint density at radius 3 is 2.25 bits per heavy atom. The van der Waals surface area contributed by atoms with Crippen molar-refractivity contribution in [2.75, 3.05) is 4.90 Å². The second-order valence-electron chi connectivity index (χ2n) is 9.72. The number of hydrogen-bond acceptors (Lipinski definition) is 4. The van der Waals surface area contributed by atoms with Crippen LogP contribution in [0.25, 0.3) is 16.7 Å². The van der Waals surface area contributed by atoms with Crippen molar-refractivity contribution in [3.63, 3.8) is 0 Å². The van der Waals surface area contributed by atoms with Crippen molar-refractivity contribution < 1.29 is 0 Å². The number of benzene rings is 1. The van der Waals surface area contributed by atoms with Gasteiger partial charge in [0, 0.05) is 28.7 Å². The van der Waals surface area contributed by atoms with Gasteiger partial charge in [-0.15, -0.1) is 0 Å². The predicted octanol–water partition coefficient (Wildman–Crippen LogP) is 6.39. The summed E-state index contributed by atoms with van der Waals surface area (Å²) in [6.07, 6.45) is 5.26. The molecule has 2 atom stereocenters. The van der Waals surface area contributed by atoms with Crippen molar-refractivity contribution in [2.45, 2.75) is 78.8 Å². The summed E-state index contributed by atoms with van der Waals surface area (Å²) >= 11 is 3.64. The van der Waals surface area contributed by atoms with Gasteiger partial charge in [0.15, 0.2) is 5.65 Å². The maximum atomic E-state index is 9.22. The second-order valence-corrected chi connectivity index (χ2v) is 10.6. The summed E-state index contributed by atoms with van der Waals surface area (Å²) in [5, 5.41) is 10.4. The van der Waals surface area contributed by atoms with E-state index in [1.54, 1.807) is 0 Å². The van der Waals surface area contributed by atoms with Crippen LogP contribution in [0, 0.1) is 51.9 Å². The summed E-state index contributed by atoms with van der Waals surface area (Å²) in [6.45, 7) is 10.8. The molecule has 2 saturated heterocycles. The first-order chi connectivity index (χ1) is 15.3. The second kappa shape index (κ2) is 7.88. The Balaban J connectivity index is 1.72. The van der Waals surface area contributed by atoms with Gasteiger partial charge in [-0.3, -0.25) is 4.57 Å². The molecule has 4 heterocycles. The van der Waals surface area contributed by atoms with E-state index in [0.717, 1.165) is 34.6 Å². The lowest BCUT2D eigenvalue weighted by atomic mass is 9.88. The molecule has 0 radical (unpaired) electrons. The van der Waals surface area contributed by atoms with Crippen LogP contribution in [0.4, 0.5) is 5.82 Å². The van der Waals surface area contributed by atoms with Crippen LogP contribution in [-0.2, 0) is 0 Å². The first-order valence-corrected chi connectivity index (χ1v) is 12.4. The first-order valence-electron chi connectivity index (χ1n) is 11.6. The number of halogens is 1. The van der Waals surface area contributed by atoms with Crippen molar-refractivity contribution in [3.8, 4) is 11.8 Å². The lowest BCUT2D eigenvalue weighted by molar-refractivity contribution is 0.343. The van der Waals surface area contributed by atoms with E-state index in [-0.39, 0.29) is 0 Å². The molecular formula is C26H30BrN5. The Labute approximate surface area is 198 Å². The third-order valence-electron chi connectivity index (χ3n) is 7.58. The van der Waals surface area contributed by atoms with Crippen molar-refractivity contribution in [2.24, 2.45) is 5.92 Å². The number of aromatic nitrogens is 3. The summed E-state index contributed by atoms with van der Waals surface area (Å²) < 4.78 is 3.44. The number of nitriles is 1. The molecule has 0 spiro atoms. The number of aryl methyl sites for hydroxylation is 4. The van der Waals surface area contributed by atoms with Crippen LogP contribution in [-0.4, -0.2) is 26.6 Å². The Morgan fingerprint density at radius 1 is 1.03 bits per heavy atom. The van der Waals surface area contributed by atoms with Crippen LogP contribution < -0.4 is 4.90 Å². The Bertz CT molecular complexity index is 1230. The van der Waals surface area contributed by atoms with Gasteiger partial charge in [-0.1, -0.05) is 15.9 Å². The van der Waals surface area contributed by atoms with Crippen LogP contribution in [0.15, 0.2) is 16.6 Å². The van der Waals surface area contributed by atoms with E-state index >= 15 is 0 Å². The maximum Gasteiger partial charge on any atom is 0.150 e. The number of piperidine rings is 1. The molecule has 3 aromatic rings. The van der Waals surface area contributed by atoms with Gasteiger partial charge in [0.25, 0.3) is 0 Å². The van der Waals surface area contributed by atoms with Gasteiger partial charge in [-0.05, 0) is 95.0 Å². The van der Waals surface area contributed by atoms with Crippen LogP contribution in [0.3, 0.4) is 0 Å². The van der Waals surface area contributed by atoms with E-state index in [1.165, 1.54) is 46.3 Å². The fraction of sp³-hybridized carbons (Fsp3) is 0.500. The minimum absolute atomic E-state index is 0.476. The average Bonchev–Trinajstić information content (AvgIpc) is 3.12. The number of nitrogens with zero attached hydrogens (tertiary/aromatic N) is 5. The van der Waals surface area contributed by atoms with Gasteiger partial charge in [0.2, 0.25) is 0 Å². The van der Waals surface area contributed by atoms with Gasteiger partial charge in [0.1, 0.15) is 11.6 Å². The highest BCUT2D eigenvalue weighted by atomic mass is 79.9. The normalized spacial score (nSPS) is 22.5. The Kier molecular flexibility index (Phi) is 5.28. The van der Waals surface area contributed by atoms with E-state index in [0.29, 0.717) is 24.4 Å². The van der Waals surface area contributed by atoms with Crippen LogP contribution >= 0.6 is 15.9 Å². The molecule has 0 saturated carbocycles. The molecule has 5 rings (SSSR count). The summed E-state index contributed by atoms with van der Waals surface area (Å²) in [6, 6.07) is 7.71. The van der Waals surface area contributed by atoms with E-state index in [9.17, 15) is 5.26 Å². The zero-order valence-electron chi connectivity index (χ0n) is 19.5. The highest BCUT2D eigenvalue weighted by Gasteiger charge is 2.42. The molecule has 0 aliphatic carbocycles. The Morgan fingerprint density at radius 2 is 1.66 bits per heavy atom. The van der Waals surface area contributed by atoms with Crippen LogP contribution in [0.1, 0.15) is 60.3 Å². The average molecular weight is 492 g/mol. The quantitative estimate of drug-likeness (QED) is 0.425. The standard InChI is InChI=1S/C26H30BrN5/c1-14-10-20(27)11-15(2)24(14)31-17(4)16(3)23-25(31)29-18(5)30-26(23)32-21-6-7-22(32)13-19(12-21)8-9-28/h10-11,19,21-22H,6-8,12-13H2,1-5H3. The van der Waals surface area contributed by atoms with E-state index in [4.69, 9.17) is 9.97 Å². The van der Waals surface area contributed by atoms with E-state index in [1.807, 2.05) is 6.92 Å². The zero-order valence-corrected chi connectivity index (χ0v) is 21.1. The predicted molar refractivity (Wildman–Crippen MR) is 132 cm³/mol. The molecule has 32 heavy (non-hydrogen) atoms. The number of hydrogen-bond donors (Lipinski definition) is 0. The lowest BCUT2D eigenvalue weighted by Gasteiger charge is -2.39. The monoisotopic (exact) mass is 491 g/mol. The third-order valence-corrected chi connectivity index (χ3v) is 8.04. The maximum absolute atomic E-state index is 9.22. The van der Waals surface area contributed by atoms with Gasteiger partial charge in [-0.2, -0.15) is 5.26 Å². The van der Waals surface area contributed by atoms with E-state index < -0.39 is 0 Å².